The number of esters is 1. The summed E-state index contributed by atoms with van der Waals surface area (Å²) in [6.45, 7) is 5.51. The number of piperidine rings is 1. The van der Waals surface area contributed by atoms with Crippen LogP contribution in [0.25, 0.3) is 0 Å². The summed E-state index contributed by atoms with van der Waals surface area (Å²) in [4.78, 5) is 35.3. The minimum Gasteiger partial charge on any atom is -0.422 e. The fourth-order valence-electron chi connectivity index (χ4n) is 4.68. The number of aryl methyl sites for hydroxylation is 1. The van der Waals surface area contributed by atoms with Crippen molar-refractivity contribution in [2.45, 2.75) is 52.4 Å². The van der Waals surface area contributed by atoms with Gasteiger partial charge in [-0.1, -0.05) is 49.4 Å². The van der Waals surface area contributed by atoms with Gasteiger partial charge in [-0.15, -0.1) is 0 Å². The zero-order chi connectivity index (χ0) is 25.5. The van der Waals surface area contributed by atoms with Crippen molar-refractivity contribution in [1.82, 2.24) is 9.97 Å². The van der Waals surface area contributed by atoms with Crippen LogP contribution in [0, 0.1) is 12.8 Å². The van der Waals surface area contributed by atoms with Crippen molar-refractivity contribution in [2.24, 2.45) is 11.7 Å². The molecule has 7 heteroatoms. The second kappa shape index (κ2) is 11.8. The Morgan fingerprint density at radius 3 is 2.31 bits per heavy atom. The third-order valence-corrected chi connectivity index (χ3v) is 6.62. The Labute approximate surface area is 212 Å². The number of ether oxygens (including phenoxy) is 1. The summed E-state index contributed by atoms with van der Waals surface area (Å²) < 4.78 is 5.36. The van der Waals surface area contributed by atoms with E-state index in [1.807, 2.05) is 13.0 Å². The van der Waals surface area contributed by atoms with Gasteiger partial charge in [-0.3, -0.25) is 9.59 Å². The summed E-state index contributed by atoms with van der Waals surface area (Å²) in [7, 11) is 0. The number of carbonyl (C=O) groups excluding carboxylic acids is 2. The monoisotopic (exact) mass is 486 g/mol. The highest BCUT2D eigenvalue weighted by Gasteiger charge is 2.24. The molecule has 0 unspecified atom stereocenters. The Hall–Kier alpha value is -3.74. The van der Waals surface area contributed by atoms with Crippen molar-refractivity contribution in [3.63, 3.8) is 0 Å². The average molecular weight is 487 g/mol. The molecule has 0 atom stereocenters. The van der Waals surface area contributed by atoms with Crippen LogP contribution in [0.5, 0.6) is 5.75 Å². The van der Waals surface area contributed by atoms with Crippen molar-refractivity contribution >= 4 is 17.6 Å². The third-order valence-electron chi connectivity index (χ3n) is 6.62. The van der Waals surface area contributed by atoms with Crippen LogP contribution < -0.4 is 15.4 Å². The molecule has 1 amide bonds. The molecule has 0 aliphatic carbocycles. The van der Waals surface area contributed by atoms with E-state index in [-0.39, 0.29) is 17.9 Å². The molecule has 3 aromatic rings. The van der Waals surface area contributed by atoms with Gasteiger partial charge >= 0.3 is 5.97 Å². The number of hydrogen-bond donors (Lipinski definition) is 1. The summed E-state index contributed by atoms with van der Waals surface area (Å²) in [6.07, 6.45) is 4.52. The predicted molar refractivity (Wildman–Crippen MR) is 140 cm³/mol. The largest absolute Gasteiger partial charge is 0.422 e. The summed E-state index contributed by atoms with van der Waals surface area (Å²) in [5, 5.41) is 0. The van der Waals surface area contributed by atoms with Gasteiger partial charge in [0.1, 0.15) is 5.82 Å². The van der Waals surface area contributed by atoms with E-state index < -0.39 is 11.9 Å². The smallest absolute Gasteiger partial charge is 0.311 e. The number of carbonyl (C=O) groups is 2. The number of rotatable bonds is 9. The fourth-order valence-corrected chi connectivity index (χ4v) is 4.68. The molecule has 0 radical (unpaired) electrons. The molecule has 1 aromatic heterocycles. The van der Waals surface area contributed by atoms with Crippen LogP contribution in [0.4, 0.5) is 5.69 Å². The van der Waals surface area contributed by atoms with Crippen LogP contribution in [-0.4, -0.2) is 34.9 Å². The normalized spacial score (nSPS) is 14.0. The summed E-state index contributed by atoms with van der Waals surface area (Å²) >= 11 is 0. The molecule has 2 aromatic carbocycles. The van der Waals surface area contributed by atoms with Crippen molar-refractivity contribution < 1.29 is 14.3 Å². The second-order valence-corrected chi connectivity index (χ2v) is 9.45. The Morgan fingerprint density at radius 1 is 1.00 bits per heavy atom. The Bertz CT molecular complexity index is 1190. The van der Waals surface area contributed by atoms with Gasteiger partial charge in [0.2, 0.25) is 0 Å². The first-order valence-electron chi connectivity index (χ1n) is 12.7. The zero-order valence-corrected chi connectivity index (χ0v) is 21.1. The number of primary amides is 1. The van der Waals surface area contributed by atoms with Gasteiger partial charge in [-0.05, 0) is 61.8 Å². The first-order valence-corrected chi connectivity index (χ1v) is 12.7. The number of hydrogen-bond acceptors (Lipinski definition) is 6. The Kier molecular flexibility index (Phi) is 8.31. The van der Waals surface area contributed by atoms with E-state index in [2.05, 4.69) is 63.4 Å². The lowest BCUT2D eigenvalue weighted by Crippen LogP contribution is -2.34. The predicted octanol–water partition coefficient (Wildman–Crippen LogP) is 4.64. The highest BCUT2D eigenvalue weighted by Crippen LogP contribution is 2.27. The van der Waals surface area contributed by atoms with Gasteiger partial charge in [0.15, 0.2) is 11.4 Å². The SMILES string of the molecule is CCCC(=O)Oc1c(C)nc(CC2CCN(c3ccc(Cc4ccccc4)cc3)CC2)nc1C(N)=O. The lowest BCUT2D eigenvalue weighted by atomic mass is 9.92. The van der Waals surface area contributed by atoms with Crippen LogP contribution in [-0.2, 0) is 17.6 Å². The van der Waals surface area contributed by atoms with E-state index in [1.54, 1.807) is 6.92 Å². The van der Waals surface area contributed by atoms with Crippen LogP contribution in [0.3, 0.4) is 0 Å². The van der Waals surface area contributed by atoms with Crippen LogP contribution >= 0.6 is 0 Å². The van der Waals surface area contributed by atoms with Gasteiger partial charge in [-0.2, -0.15) is 0 Å². The van der Waals surface area contributed by atoms with E-state index >= 15 is 0 Å². The Balaban J connectivity index is 1.35. The summed E-state index contributed by atoms with van der Waals surface area (Å²) in [5.41, 5.74) is 9.85. The lowest BCUT2D eigenvalue weighted by molar-refractivity contribution is -0.134. The summed E-state index contributed by atoms with van der Waals surface area (Å²) in [6, 6.07) is 19.4. The number of nitrogens with two attached hydrogens (primary N) is 1. The standard InChI is InChI=1S/C29H34N4O3/c1-3-7-26(34)36-28-20(2)31-25(32-27(28)29(30)35)19-23-14-16-33(17-15-23)24-12-10-22(11-13-24)18-21-8-5-4-6-9-21/h4-6,8-13,23H,3,7,14-19H2,1-2H3,(H2,30,35). The number of aromatic nitrogens is 2. The second-order valence-electron chi connectivity index (χ2n) is 9.45. The highest BCUT2D eigenvalue weighted by molar-refractivity contribution is 5.94. The molecule has 188 valence electrons. The molecule has 1 aliphatic rings. The van der Waals surface area contributed by atoms with Crippen LogP contribution in [0.15, 0.2) is 54.6 Å². The maximum atomic E-state index is 12.0. The summed E-state index contributed by atoms with van der Waals surface area (Å²) in [5.74, 6) is -0.0748. The van der Waals surface area contributed by atoms with Crippen molar-refractivity contribution in [3.8, 4) is 5.75 Å². The quantitative estimate of drug-likeness (QED) is 0.443. The minimum absolute atomic E-state index is 0.0185. The molecule has 1 aliphatic heterocycles. The zero-order valence-electron chi connectivity index (χ0n) is 21.1. The minimum atomic E-state index is -0.716. The molecular weight excluding hydrogens is 452 g/mol. The molecule has 7 nitrogen and oxygen atoms in total. The van der Waals surface area contributed by atoms with E-state index in [0.717, 1.165) is 32.4 Å². The van der Waals surface area contributed by atoms with E-state index in [9.17, 15) is 9.59 Å². The van der Waals surface area contributed by atoms with Crippen LogP contribution in [0.1, 0.15) is 65.7 Å². The Morgan fingerprint density at radius 2 is 1.67 bits per heavy atom. The topological polar surface area (TPSA) is 98.4 Å². The first kappa shape index (κ1) is 25.4. The third kappa shape index (κ3) is 6.47. The lowest BCUT2D eigenvalue weighted by Gasteiger charge is -2.33. The van der Waals surface area contributed by atoms with Gasteiger partial charge in [0.25, 0.3) is 5.91 Å². The number of nitrogens with zero attached hydrogens (tertiary/aromatic N) is 3. The molecule has 1 fully saturated rings. The number of anilines is 1. The number of amides is 1. The first-order chi connectivity index (χ1) is 17.4. The molecule has 0 saturated carbocycles. The van der Waals surface area contributed by atoms with Gasteiger partial charge in [0.05, 0.1) is 5.69 Å². The van der Waals surface area contributed by atoms with Crippen molar-refractivity contribution in [1.29, 1.82) is 0 Å². The molecule has 1 saturated heterocycles. The van der Waals surface area contributed by atoms with Gasteiger partial charge < -0.3 is 15.4 Å². The van der Waals surface area contributed by atoms with Crippen LogP contribution in [0.2, 0.25) is 0 Å². The molecule has 0 spiro atoms. The van der Waals surface area contributed by atoms with E-state index in [1.165, 1.54) is 16.8 Å². The van der Waals surface area contributed by atoms with E-state index in [4.69, 9.17) is 10.5 Å². The van der Waals surface area contributed by atoms with Crippen molar-refractivity contribution in [2.75, 3.05) is 18.0 Å². The molecule has 4 rings (SSSR count). The highest BCUT2D eigenvalue weighted by atomic mass is 16.5. The molecular formula is C29H34N4O3. The van der Waals surface area contributed by atoms with Gasteiger partial charge in [0, 0.05) is 31.6 Å². The maximum Gasteiger partial charge on any atom is 0.311 e. The van der Waals surface area contributed by atoms with E-state index in [0.29, 0.717) is 30.3 Å². The average Bonchev–Trinajstić information content (AvgIpc) is 2.87. The van der Waals surface area contributed by atoms with Gasteiger partial charge in [-0.25, -0.2) is 9.97 Å². The molecule has 0 bridgehead atoms. The molecule has 2 heterocycles. The van der Waals surface area contributed by atoms with Crippen molar-refractivity contribution in [3.05, 3.63) is 82.9 Å². The maximum absolute atomic E-state index is 12.0. The molecule has 2 N–H and O–H groups in total. The molecule has 36 heavy (non-hydrogen) atoms. The number of benzene rings is 2. The fraction of sp³-hybridized carbons (Fsp3) is 0.379.